The molecule has 5 nitrogen and oxygen atoms in total. The van der Waals surface area contributed by atoms with E-state index in [0.717, 1.165) is 96.3 Å². The Balaban J connectivity index is 4.33. The molecule has 0 aliphatic rings. The van der Waals surface area contributed by atoms with Crippen molar-refractivity contribution in [1.82, 2.24) is 0 Å². The van der Waals surface area contributed by atoms with Gasteiger partial charge in [0.1, 0.15) is 6.61 Å². The molecule has 0 aromatic rings. The van der Waals surface area contributed by atoms with Crippen molar-refractivity contribution in [2.24, 2.45) is 0 Å². The van der Waals surface area contributed by atoms with Gasteiger partial charge >= 0.3 is 11.9 Å². The Morgan fingerprint density at radius 1 is 0.348 bits per heavy atom. The third-order valence-corrected chi connectivity index (χ3v) is 11.9. The Bertz CT molecular complexity index is 1220. The molecular formula is C61H106O5. The highest BCUT2D eigenvalue weighted by molar-refractivity contribution is 5.70. The smallest absolute Gasteiger partial charge is 0.306 e. The van der Waals surface area contributed by atoms with Crippen LogP contribution in [0.15, 0.2) is 85.1 Å². The van der Waals surface area contributed by atoms with E-state index in [2.05, 4.69) is 106 Å². The summed E-state index contributed by atoms with van der Waals surface area (Å²) >= 11 is 0. The lowest BCUT2D eigenvalue weighted by Crippen LogP contribution is -2.30. The van der Waals surface area contributed by atoms with Crippen molar-refractivity contribution in [2.45, 2.75) is 271 Å². The molecule has 380 valence electrons. The van der Waals surface area contributed by atoms with Gasteiger partial charge in [-0.1, -0.05) is 221 Å². The van der Waals surface area contributed by atoms with Crippen LogP contribution < -0.4 is 0 Å². The number of hydrogen-bond acceptors (Lipinski definition) is 5. The van der Waals surface area contributed by atoms with Crippen molar-refractivity contribution in [3.05, 3.63) is 85.1 Å². The Morgan fingerprint density at radius 2 is 0.682 bits per heavy atom. The van der Waals surface area contributed by atoms with Crippen LogP contribution in [0.5, 0.6) is 0 Å². The number of rotatable bonds is 51. The van der Waals surface area contributed by atoms with Gasteiger partial charge in [0.15, 0.2) is 6.10 Å². The SMILES string of the molecule is CC/C=C\C/C=C\C/C=C\C/C=C\CCCCCOCC(COC(=O)CCCCCCCCCCC/C=C\CCCCCCCC)OC(=O)CCCCCCC/C=C\C/C=C\CCCCC. The van der Waals surface area contributed by atoms with Crippen molar-refractivity contribution in [1.29, 1.82) is 0 Å². The van der Waals surface area contributed by atoms with E-state index in [4.69, 9.17) is 14.2 Å². The lowest BCUT2D eigenvalue weighted by atomic mass is 10.1. The number of allylic oxidation sites excluding steroid dienone is 14. The highest BCUT2D eigenvalue weighted by Crippen LogP contribution is 2.14. The van der Waals surface area contributed by atoms with E-state index in [1.807, 2.05) is 0 Å². The van der Waals surface area contributed by atoms with E-state index in [1.54, 1.807) is 0 Å². The molecule has 0 aromatic carbocycles. The first-order valence-electron chi connectivity index (χ1n) is 28.1. The van der Waals surface area contributed by atoms with Crippen LogP contribution in [0, 0.1) is 0 Å². The minimum absolute atomic E-state index is 0.0630. The molecule has 0 rings (SSSR count). The number of esters is 2. The summed E-state index contributed by atoms with van der Waals surface area (Å²) in [7, 11) is 0. The monoisotopic (exact) mass is 919 g/mol. The normalized spacial score (nSPS) is 12.8. The summed E-state index contributed by atoms with van der Waals surface area (Å²) in [5.74, 6) is -0.430. The second-order valence-corrected chi connectivity index (χ2v) is 18.4. The zero-order valence-corrected chi connectivity index (χ0v) is 43.7. The molecule has 0 heterocycles. The van der Waals surface area contributed by atoms with Gasteiger partial charge < -0.3 is 14.2 Å². The van der Waals surface area contributed by atoms with E-state index in [1.165, 1.54) is 135 Å². The van der Waals surface area contributed by atoms with Crippen molar-refractivity contribution in [3.8, 4) is 0 Å². The highest BCUT2D eigenvalue weighted by Gasteiger charge is 2.17. The van der Waals surface area contributed by atoms with E-state index < -0.39 is 6.10 Å². The summed E-state index contributed by atoms with van der Waals surface area (Å²) in [6.45, 7) is 7.61. The van der Waals surface area contributed by atoms with Gasteiger partial charge in [-0.25, -0.2) is 0 Å². The van der Waals surface area contributed by atoms with Crippen LogP contribution in [0.4, 0.5) is 0 Å². The van der Waals surface area contributed by atoms with Gasteiger partial charge in [0, 0.05) is 19.4 Å². The first-order chi connectivity index (χ1) is 32.6. The molecule has 0 aliphatic carbocycles. The van der Waals surface area contributed by atoms with Crippen molar-refractivity contribution in [3.63, 3.8) is 0 Å². The van der Waals surface area contributed by atoms with Crippen LogP contribution >= 0.6 is 0 Å². The molecule has 0 N–H and O–H groups in total. The molecule has 0 fully saturated rings. The molecular weight excluding hydrogens is 813 g/mol. The Labute approximate surface area is 409 Å². The van der Waals surface area contributed by atoms with Gasteiger partial charge in [0.05, 0.1) is 6.61 Å². The lowest BCUT2D eigenvalue weighted by molar-refractivity contribution is -0.163. The van der Waals surface area contributed by atoms with Gasteiger partial charge in [-0.15, -0.1) is 0 Å². The minimum atomic E-state index is -0.565. The Morgan fingerprint density at radius 3 is 1.14 bits per heavy atom. The predicted octanol–water partition coefficient (Wildman–Crippen LogP) is 19.2. The fourth-order valence-electron chi connectivity index (χ4n) is 7.70. The van der Waals surface area contributed by atoms with Gasteiger partial charge in [0.2, 0.25) is 0 Å². The van der Waals surface area contributed by atoms with Crippen molar-refractivity contribution in [2.75, 3.05) is 19.8 Å². The molecule has 0 aromatic heterocycles. The molecule has 66 heavy (non-hydrogen) atoms. The zero-order chi connectivity index (χ0) is 47.7. The number of carbonyl (C=O) groups excluding carboxylic acids is 2. The first kappa shape index (κ1) is 63.1. The summed E-state index contributed by atoms with van der Waals surface area (Å²) in [4.78, 5) is 25.5. The fraction of sp³-hybridized carbons (Fsp3) is 0.738. The van der Waals surface area contributed by atoms with Crippen LogP contribution in [0.25, 0.3) is 0 Å². The summed E-state index contributed by atoms with van der Waals surface area (Å²) in [6.07, 6.45) is 74.6. The largest absolute Gasteiger partial charge is 0.462 e. The maximum Gasteiger partial charge on any atom is 0.306 e. The molecule has 0 spiro atoms. The molecule has 0 bridgehead atoms. The van der Waals surface area contributed by atoms with E-state index in [9.17, 15) is 9.59 Å². The number of carbonyl (C=O) groups is 2. The summed E-state index contributed by atoms with van der Waals surface area (Å²) in [6, 6.07) is 0. The number of ether oxygens (including phenoxy) is 3. The minimum Gasteiger partial charge on any atom is -0.462 e. The van der Waals surface area contributed by atoms with Crippen LogP contribution in [0.1, 0.15) is 265 Å². The van der Waals surface area contributed by atoms with E-state index in [0.29, 0.717) is 19.4 Å². The summed E-state index contributed by atoms with van der Waals surface area (Å²) in [5.41, 5.74) is 0. The highest BCUT2D eigenvalue weighted by atomic mass is 16.6. The van der Waals surface area contributed by atoms with Gasteiger partial charge in [-0.2, -0.15) is 0 Å². The molecule has 1 atom stereocenters. The van der Waals surface area contributed by atoms with Crippen molar-refractivity contribution < 1.29 is 23.8 Å². The Hall–Kier alpha value is -2.92. The molecule has 0 amide bonds. The third kappa shape index (κ3) is 53.7. The van der Waals surface area contributed by atoms with Gasteiger partial charge in [0.25, 0.3) is 0 Å². The maximum absolute atomic E-state index is 12.8. The molecule has 0 saturated carbocycles. The molecule has 0 radical (unpaired) electrons. The zero-order valence-electron chi connectivity index (χ0n) is 43.7. The number of hydrogen-bond donors (Lipinski definition) is 0. The van der Waals surface area contributed by atoms with Crippen LogP contribution in [0.2, 0.25) is 0 Å². The fourth-order valence-corrected chi connectivity index (χ4v) is 7.70. The van der Waals surface area contributed by atoms with E-state index in [-0.39, 0.29) is 25.2 Å². The van der Waals surface area contributed by atoms with E-state index >= 15 is 0 Å². The molecule has 0 aliphatic heterocycles. The number of unbranched alkanes of at least 4 members (excludes halogenated alkanes) is 26. The maximum atomic E-state index is 12.8. The third-order valence-electron chi connectivity index (χ3n) is 11.9. The molecule has 1 unspecified atom stereocenters. The van der Waals surface area contributed by atoms with Gasteiger partial charge in [-0.05, 0) is 116 Å². The summed E-state index contributed by atoms with van der Waals surface area (Å²) in [5, 5.41) is 0. The van der Waals surface area contributed by atoms with Crippen LogP contribution in [-0.4, -0.2) is 37.9 Å². The quantitative estimate of drug-likeness (QED) is 0.0346. The Kier molecular flexibility index (Phi) is 53.9. The summed E-state index contributed by atoms with van der Waals surface area (Å²) < 4.78 is 17.4. The standard InChI is InChI=1S/C61H106O5/c1-4-7-10-13-16-19-22-25-28-30-31-32-34-36-39-42-45-48-51-54-60(62)65-58-59(57-64-56-53-50-47-44-41-38-35-29-26-23-20-17-14-11-8-5-2)66-61(63)55-52-49-46-43-40-37-33-27-24-21-18-15-12-9-6-3/h8,11,17-18,20-21,25-29,33,38,41,59H,4-7,9-10,12-16,19,22-24,30-32,34-37,39-40,42-58H2,1-3H3/b11-8-,20-17-,21-18-,28-25-,29-26-,33-27-,41-38-. The average Bonchev–Trinajstić information content (AvgIpc) is 3.32. The first-order valence-corrected chi connectivity index (χ1v) is 28.1. The van der Waals surface area contributed by atoms with Crippen LogP contribution in [0.3, 0.4) is 0 Å². The molecule has 5 heteroatoms. The molecule has 0 saturated heterocycles. The van der Waals surface area contributed by atoms with Crippen molar-refractivity contribution >= 4 is 11.9 Å². The second-order valence-electron chi connectivity index (χ2n) is 18.4. The lowest BCUT2D eigenvalue weighted by Gasteiger charge is -2.18. The predicted molar refractivity (Wildman–Crippen MR) is 288 cm³/mol. The topological polar surface area (TPSA) is 61.8 Å². The van der Waals surface area contributed by atoms with Crippen LogP contribution in [-0.2, 0) is 23.8 Å². The van der Waals surface area contributed by atoms with Gasteiger partial charge in [-0.3, -0.25) is 9.59 Å². The second kappa shape index (κ2) is 56.4. The average molecular weight is 920 g/mol.